The first kappa shape index (κ1) is 11.0. The second-order valence-corrected chi connectivity index (χ2v) is 4.11. The van der Waals surface area contributed by atoms with Crippen LogP contribution in [0.1, 0.15) is 0 Å². The minimum Gasteiger partial charge on any atom is -0.402 e. The molecule has 0 saturated carbocycles. The Bertz CT molecular complexity index is 360. The van der Waals surface area contributed by atoms with Gasteiger partial charge in [0.2, 0.25) is 0 Å². The molecule has 1 rings (SSSR count). The summed E-state index contributed by atoms with van der Waals surface area (Å²) < 4.78 is 15.1. The van der Waals surface area contributed by atoms with E-state index in [-0.39, 0.29) is 5.75 Å². The van der Waals surface area contributed by atoms with E-state index in [1.807, 2.05) is 0 Å². The van der Waals surface area contributed by atoms with E-state index in [1.165, 1.54) is 6.07 Å². The maximum Gasteiger partial charge on any atom is 0.524 e. The average Bonchev–Trinajstić information content (AvgIpc) is 2.01. The largest absolute Gasteiger partial charge is 0.524 e. The summed E-state index contributed by atoms with van der Waals surface area (Å²) in [6.07, 6.45) is 0. The molecule has 0 spiro atoms. The van der Waals surface area contributed by atoms with Crippen LogP contribution in [0.2, 0.25) is 0 Å². The number of rotatable bonds is 3. The third-order valence-corrected chi connectivity index (χ3v) is 2.00. The van der Waals surface area contributed by atoms with E-state index in [4.69, 9.17) is 9.79 Å². The van der Waals surface area contributed by atoms with E-state index in [0.717, 1.165) is 0 Å². The SMILES string of the molecule is CN(C)c1ccccc1OP(=O)(O)O. The van der Waals surface area contributed by atoms with E-state index in [0.29, 0.717) is 5.69 Å². The van der Waals surface area contributed by atoms with Crippen LogP contribution in [0.15, 0.2) is 24.3 Å². The predicted molar refractivity (Wildman–Crippen MR) is 53.4 cm³/mol. The monoisotopic (exact) mass is 217 g/mol. The van der Waals surface area contributed by atoms with Crippen molar-refractivity contribution in [3.63, 3.8) is 0 Å². The van der Waals surface area contributed by atoms with E-state index in [2.05, 4.69) is 4.52 Å². The summed E-state index contributed by atoms with van der Waals surface area (Å²) in [6, 6.07) is 6.64. The number of hydrogen-bond donors (Lipinski definition) is 2. The van der Waals surface area contributed by atoms with Crippen LogP contribution in [-0.4, -0.2) is 23.9 Å². The number of anilines is 1. The fourth-order valence-corrected chi connectivity index (χ4v) is 1.44. The van der Waals surface area contributed by atoms with Crippen molar-refractivity contribution in [1.29, 1.82) is 0 Å². The summed E-state index contributed by atoms with van der Waals surface area (Å²) >= 11 is 0. The van der Waals surface area contributed by atoms with Gasteiger partial charge in [0.15, 0.2) is 5.75 Å². The molecule has 2 N–H and O–H groups in total. The minimum atomic E-state index is -4.48. The van der Waals surface area contributed by atoms with Gasteiger partial charge < -0.3 is 9.42 Å². The predicted octanol–water partition coefficient (Wildman–Crippen LogP) is 1.22. The van der Waals surface area contributed by atoms with Crippen molar-refractivity contribution in [2.45, 2.75) is 0 Å². The fraction of sp³-hybridized carbons (Fsp3) is 0.250. The van der Waals surface area contributed by atoms with Crippen LogP contribution in [0.3, 0.4) is 0 Å². The zero-order chi connectivity index (χ0) is 10.8. The summed E-state index contributed by atoms with van der Waals surface area (Å²) in [5.74, 6) is 0.172. The van der Waals surface area contributed by atoms with Crippen molar-refractivity contribution < 1.29 is 18.9 Å². The average molecular weight is 217 g/mol. The van der Waals surface area contributed by atoms with Crippen molar-refractivity contribution in [3.8, 4) is 5.75 Å². The maximum absolute atomic E-state index is 10.6. The van der Waals surface area contributed by atoms with Gasteiger partial charge in [-0.1, -0.05) is 12.1 Å². The lowest BCUT2D eigenvalue weighted by atomic mass is 10.3. The Morgan fingerprint density at radius 1 is 1.29 bits per heavy atom. The molecule has 0 bridgehead atoms. The maximum atomic E-state index is 10.6. The molecule has 0 aliphatic carbocycles. The van der Waals surface area contributed by atoms with Crippen LogP contribution < -0.4 is 9.42 Å². The molecule has 0 aliphatic heterocycles. The molecule has 1 aromatic rings. The number of hydrogen-bond acceptors (Lipinski definition) is 3. The van der Waals surface area contributed by atoms with Crippen LogP contribution in [0.4, 0.5) is 5.69 Å². The molecule has 0 amide bonds. The van der Waals surface area contributed by atoms with E-state index >= 15 is 0 Å². The van der Waals surface area contributed by atoms with Crippen molar-refractivity contribution in [3.05, 3.63) is 24.3 Å². The second-order valence-electron chi connectivity index (χ2n) is 2.94. The molecular formula is C8H12NO4P. The summed E-state index contributed by atoms with van der Waals surface area (Å²) in [4.78, 5) is 19.0. The minimum absolute atomic E-state index is 0.172. The molecule has 0 atom stereocenters. The molecule has 14 heavy (non-hydrogen) atoms. The Morgan fingerprint density at radius 2 is 1.86 bits per heavy atom. The molecule has 1 aromatic carbocycles. The van der Waals surface area contributed by atoms with Gasteiger partial charge >= 0.3 is 7.82 Å². The Labute approximate surface area is 82.2 Å². The van der Waals surface area contributed by atoms with Gasteiger partial charge in [-0.05, 0) is 12.1 Å². The second kappa shape index (κ2) is 4.00. The van der Waals surface area contributed by atoms with Crippen LogP contribution >= 0.6 is 7.82 Å². The molecule has 0 fully saturated rings. The van der Waals surface area contributed by atoms with Gasteiger partial charge in [0.05, 0.1) is 5.69 Å². The highest BCUT2D eigenvalue weighted by Gasteiger charge is 2.18. The molecule has 6 heteroatoms. The van der Waals surface area contributed by atoms with Crippen molar-refractivity contribution in [1.82, 2.24) is 0 Å². The van der Waals surface area contributed by atoms with Crippen LogP contribution in [-0.2, 0) is 4.57 Å². The molecule has 0 heterocycles. The van der Waals surface area contributed by atoms with Crippen LogP contribution in [0, 0.1) is 0 Å². The Balaban J connectivity index is 3.02. The van der Waals surface area contributed by atoms with Crippen LogP contribution in [0.5, 0.6) is 5.75 Å². The Kier molecular flexibility index (Phi) is 3.16. The third-order valence-electron chi connectivity index (χ3n) is 1.56. The van der Waals surface area contributed by atoms with E-state index < -0.39 is 7.82 Å². The molecule has 0 aliphatic rings. The van der Waals surface area contributed by atoms with Gasteiger partial charge in [-0.2, -0.15) is 0 Å². The van der Waals surface area contributed by atoms with E-state index in [9.17, 15) is 4.57 Å². The smallest absolute Gasteiger partial charge is 0.402 e. The highest BCUT2D eigenvalue weighted by atomic mass is 31.2. The Hall–Kier alpha value is -1.03. The number of para-hydroxylation sites is 2. The molecular weight excluding hydrogens is 205 g/mol. The summed E-state index contributed by atoms with van der Waals surface area (Å²) in [6.45, 7) is 0. The Morgan fingerprint density at radius 3 is 2.36 bits per heavy atom. The molecule has 0 aromatic heterocycles. The summed E-state index contributed by atoms with van der Waals surface area (Å²) in [7, 11) is -0.949. The number of phosphoric ester groups is 1. The molecule has 0 radical (unpaired) electrons. The van der Waals surface area contributed by atoms with Gasteiger partial charge in [-0.15, -0.1) is 0 Å². The molecule has 0 unspecified atom stereocenters. The van der Waals surface area contributed by atoms with Crippen molar-refractivity contribution in [2.24, 2.45) is 0 Å². The van der Waals surface area contributed by atoms with E-state index in [1.54, 1.807) is 37.2 Å². The summed E-state index contributed by atoms with van der Waals surface area (Å²) in [5.41, 5.74) is 0.621. The molecule has 78 valence electrons. The van der Waals surface area contributed by atoms with Gasteiger partial charge in [-0.3, -0.25) is 9.79 Å². The third kappa shape index (κ3) is 3.03. The van der Waals surface area contributed by atoms with Crippen LogP contribution in [0.25, 0.3) is 0 Å². The standard InChI is InChI=1S/C8H12NO4P/c1-9(2)7-5-3-4-6-8(7)13-14(10,11)12/h3-6H,1-2H3,(H2,10,11,12). The van der Waals surface area contributed by atoms with Gasteiger partial charge in [-0.25, -0.2) is 4.57 Å². The summed E-state index contributed by atoms with van der Waals surface area (Å²) in [5, 5.41) is 0. The van der Waals surface area contributed by atoms with Gasteiger partial charge in [0, 0.05) is 14.1 Å². The van der Waals surface area contributed by atoms with Gasteiger partial charge in [0.1, 0.15) is 0 Å². The lowest BCUT2D eigenvalue weighted by Crippen LogP contribution is -2.10. The van der Waals surface area contributed by atoms with Gasteiger partial charge in [0.25, 0.3) is 0 Å². The highest BCUT2D eigenvalue weighted by molar-refractivity contribution is 7.46. The number of nitrogens with zero attached hydrogens (tertiary/aromatic N) is 1. The fourth-order valence-electron chi connectivity index (χ4n) is 1.03. The zero-order valence-corrected chi connectivity index (χ0v) is 8.81. The topological polar surface area (TPSA) is 70.0 Å². The molecule has 5 nitrogen and oxygen atoms in total. The van der Waals surface area contributed by atoms with Crippen molar-refractivity contribution >= 4 is 13.5 Å². The van der Waals surface area contributed by atoms with Crippen molar-refractivity contribution in [2.75, 3.05) is 19.0 Å². The quantitative estimate of drug-likeness (QED) is 0.745. The lowest BCUT2D eigenvalue weighted by molar-refractivity contribution is 0.283. The zero-order valence-electron chi connectivity index (χ0n) is 7.91. The first-order valence-corrected chi connectivity index (χ1v) is 5.44. The number of phosphoric acid groups is 1. The normalized spacial score (nSPS) is 11.1. The highest BCUT2D eigenvalue weighted by Crippen LogP contribution is 2.41. The number of benzene rings is 1. The first-order valence-electron chi connectivity index (χ1n) is 3.91. The molecule has 0 saturated heterocycles. The lowest BCUT2D eigenvalue weighted by Gasteiger charge is -2.17. The first-order chi connectivity index (χ1) is 6.40.